The number of aryl methyl sites for hydroxylation is 2. The van der Waals surface area contributed by atoms with E-state index < -0.39 is 0 Å². The SMILES string of the molecule is CN(Cc1csc(C2CC2)n1)C1CN(c2cc3c(nn2)CCC3)C1. The molecule has 1 saturated heterocycles. The van der Waals surface area contributed by atoms with E-state index in [1.54, 1.807) is 0 Å². The molecule has 0 aromatic carbocycles. The molecule has 5 rings (SSSR count). The van der Waals surface area contributed by atoms with Crippen LogP contribution in [0.5, 0.6) is 0 Å². The van der Waals surface area contributed by atoms with Crippen molar-refractivity contribution >= 4 is 17.2 Å². The number of fused-ring (bicyclic) bond motifs is 1. The number of aromatic nitrogens is 3. The zero-order valence-electron chi connectivity index (χ0n) is 14.1. The number of hydrogen-bond acceptors (Lipinski definition) is 6. The summed E-state index contributed by atoms with van der Waals surface area (Å²) >= 11 is 1.84. The molecule has 0 bridgehead atoms. The molecule has 24 heavy (non-hydrogen) atoms. The van der Waals surface area contributed by atoms with E-state index in [2.05, 4.69) is 38.5 Å². The standard InChI is InChI=1S/C18H23N5S/c1-22(8-14-11-24-18(19-14)12-5-6-12)15-9-23(10-15)17-7-13-3-2-4-16(13)20-21-17/h7,11-12,15H,2-6,8-10H2,1H3. The van der Waals surface area contributed by atoms with Crippen molar-refractivity contribution < 1.29 is 0 Å². The third kappa shape index (κ3) is 2.71. The van der Waals surface area contributed by atoms with Gasteiger partial charge in [-0.3, -0.25) is 4.90 Å². The maximum absolute atomic E-state index is 4.81. The molecule has 2 fully saturated rings. The Kier molecular flexibility index (Phi) is 3.56. The normalized spacial score (nSPS) is 20.5. The van der Waals surface area contributed by atoms with Crippen LogP contribution in [0.4, 0.5) is 5.82 Å². The van der Waals surface area contributed by atoms with Gasteiger partial charge in [0.15, 0.2) is 5.82 Å². The first kappa shape index (κ1) is 14.8. The lowest BCUT2D eigenvalue weighted by molar-refractivity contribution is 0.195. The van der Waals surface area contributed by atoms with Gasteiger partial charge in [0.1, 0.15) is 0 Å². The Morgan fingerprint density at radius 3 is 2.96 bits per heavy atom. The third-order valence-electron chi connectivity index (χ3n) is 5.52. The Bertz CT molecular complexity index is 748. The van der Waals surface area contributed by atoms with Crippen LogP contribution in [0.25, 0.3) is 0 Å². The molecule has 3 heterocycles. The van der Waals surface area contributed by atoms with Crippen LogP contribution in [-0.4, -0.2) is 46.3 Å². The second-order valence-corrected chi connectivity index (χ2v) is 8.34. The van der Waals surface area contributed by atoms with Gasteiger partial charge in [0, 0.05) is 37.0 Å². The molecular formula is C18H23N5S. The molecule has 1 saturated carbocycles. The largest absolute Gasteiger partial charge is 0.352 e. The molecule has 0 unspecified atom stereocenters. The summed E-state index contributed by atoms with van der Waals surface area (Å²) in [4.78, 5) is 9.59. The number of nitrogens with zero attached hydrogens (tertiary/aromatic N) is 5. The summed E-state index contributed by atoms with van der Waals surface area (Å²) in [6.45, 7) is 3.05. The number of thiazole rings is 1. The van der Waals surface area contributed by atoms with Crippen LogP contribution in [0, 0.1) is 0 Å². The summed E-state index contributed by atoms with van der Waals surface area (Å²) in [5, 5.41) is 12.4. The van der Waals surface area contributed by atoms with Crippen LogP contribution in [0.3, 0.4) is 0 Å². The van der Waals surface area contributed by atoms with Crippen LogP contribution in [0.2, 0.25) is 0 Å². The van der Waals surface area contributed by atoms with Gasteiger partial charge >= 0.3 is 0 Å². The summed E-state index contributed by atoms with van der Waals surface area (Å²) in [5.41, 5.74) is 3.86. The minimum Gasteiger partial charge on any atom is -0.352 e. The average molecular weight is 341 g/mol. The predicted octanol–water partition coefficient (Wildman–Crippen LogP) is 2.62. The molecule has 3 aliphatic rings. The van der Waals surface area contributed by atoms with Crippen molar-refractivity contribution in [2.24, 2.45) is 0 Å². The fourth-order valence-electron chi connectivity index (χ4n) is 3.69. The van der Waals surface area contributed by atoms with Crippen molar-refractivity contribution in [3.63, 3.8) is 0 Å². The first-order chi connectivity index (χ1) is 11.8. The first-order valence-corrected chi connectivity index (χ1v) is 9.89. The van der Waals surface area contributed by atoms with E-state index in [1.807, 2.05) is 11.3 Å². The summed E-state index contributed by atoms with van der Waals surface area (Å²) in [6.07, 6.45) is 6.17. The van der Waals surface area contributed by atoms with Crippen molar-refractivity contribution in [1.82, 2.24) is 20.1 Å². The Hall–Kier alpha value is -1.53. The maximum Gasteiger partial charge on any atom is 0.151 e. The van der Waals surface area contributed by atoms with E-state index in [0.29, 0.717) is 6.04 Å². The first-order valence-electron chi connectivity index (χ1n) is 9.01. The molecule has 5 nitrogen and oxygen atoms in total. The van der Waals surface area contributed by atoms with Crippen LogP contribution in [0.15, 0.2) is 11.4 Å². The molecule has 2 aromatic rings. The fourth-order valence-corrected chi connectivity index (χ4v) is 4.67. The number of rotatable bonds is 5. The van der Waals surface area contributed by atoms with Gasteiger partial charge in [0.2, 0.25) is 0 Å². The van der Waals surface area contributed by atoms with Crippen molar-refractivity contribution in [3.8, 4) is 0 Å². The smallest absolute Gasteiger partial charge is 0.151 e. The highest BCUT2D eigenvalue weighted by Gasteiger charge is 2.32. The summed E-state index contributed by atoms with van der Waals surface area (Å²) in [7, 11) is 2.21. The molecule has 2 aromatic heterocycles. The Balaban J connectivity index is 1.18. The summed E-state index contributed by atoms with van der Waals surface area (Å²) < 4.78 is 0. The third-order valence-corrected chi connectivity index (χ3v) is 6.58. The topological polar surface area (TPSA) is 45.2 Å². The van der Waals surface area contributed by atoms with Crippen LogP contribution in [-0.2, 0) is 19.4 Å². The minimum absolute atomic E-state index is 0.589. The Morgan fingerprint density at radius 2 is 2.12 bits per heavy atom. The average Bonchev–Trinajstić information content (AvgIpc) is 3.09. The van der Waals surface area contributed by atoms with Crippen molar-refractivity contribution in [1.29, 1.82) is 0 Å². The van der Waals surface area contributed by atoms with Crippen molar-refractivity contribution in [3.05, 3.63) is 33.4 Å². The maximum atomic E-state index is 4.81. The number of likely N-dealkylation sites (N-methyl/N-ethyl adjacent to an activating group) is 1. The number of anilines is 1. The van der Waals surface area contributed by atoms with Gasteiger partial charge in [-0.15, -0.1) is 16.4 Å². The molecule has 0 radical (unpaired) electrons. The zero-order chi connectivity index (χ0) is 16.1. The lowest BCUT2D eigenvalue weighted by Crippen LogP contribution is -2.58. The highest BCUT2D eigenvalue weighted by atomic mass is 32.1. The van der Waals surface area contributed by atoms with Crippen LogP contribution in [0.1, 0.15) is 47.1 Å². The van der Waals surface area contributed by atoms with Crippen LogP contribution < -0.4 is 4.90 Å². The monoisotopic (exact) mass is 341 g/mol. The van der Waals surface area contributed by atoms with Gasteiger partial charge in [-0.25, -0.2) is 4.98 Å². The minimum atomic E-state index is 0.589. The molecule has 1 aliphatic heterocycles. The van der Waals surface area contributed by atoms with Gasteiger partial charge in [-0.2, -0.15) is 5.10 Å². The zero-order valence-corrected chi connectivity index (χ0v) is 14.9. The Labute approximate surface area is 146 Å². The van der Waals surface area contributed by atoms with Gasteiger partial charge in [-0.1, -0.05) is 0 Å². The summed E-state index contributed by atoms with van der Waals surface area (Å²) in [6, 6.07) is 2.85. The lowest BCUT2D eigenvalue weighted by Gasteiger charge is -2.44. The van der Waals surface area contributed by atoms with E-state index >= 15 is 0 Å². The molecule has 6 heteroatoms. The van der Waals surface area contributed by atoms with E-state index in [4.69, 9.17) is 4.98 Å². The fraction of sp³-hybridized carbons (Fsp3) is 0.611. The number of hydrogen-bond donors (Lipinski definition) is 0. The van der Waals surface area contributed by atoms with Crippen LogP contribution >= 0.6 is 11.3 Å². The lowest BCUT2D eigenvalue weighted by atomic mass is 10.1. The molecule has 0 spiro atoms. The highest BCUT2D eigenvalue weighted by Crippen LogP contribution is 2.41. The second kappa shape index (κ2) is 5.77. The van der Waals surface area contributed by atoms with Gasteiger partial charge < -0.3 is 4.90 Å². The molecular weight excluding hydrogens is 318 g/mol. The van der Waals surface area contributed by atoms with Gasteiger partial charge in [0.05, 0.1) is 16.4 Å². The highest BCUT2D eigenvalue weighted by molar-refractivity contribution is 7.09. The Morgan fingerprint density at radius 1 is 1.25 bits per heavy atom. The molecule has 0 amide bonds. The van der Waals surface area contributed by atoms with E-state index in [0.717, 1.165) is 37.8 Å². The molecule has 0 N–H and O–H groups in total. The predicted molar refractivity (Wildman–Crippen MR) is 95.6 cm³/mol. The molecule has 0 atom stereocenters. The van der Waals surface area contributed by atoms with Gasteiger partial charge in [-0.05, 0) is 50.8 Å². The summed E-state index contributed by atoms with van der Waals surface area (Å²) in [5.74, 6) is 1.83. The van der Waals surface area contributed by atoms with Crippen molar-refractivity contribution in [2.45, 2.75) is 50.6 Å². The second-order valence-electron chi connectivity index (χ2n) is 7.45. The molecule has 126 valence electrons. The quantitative estimate of drug-likeness (QED) is 0.836. The molecule has 2 aliphatic carbocycles. The van der Waals surface area contributed by atoms with E-state index in [9.17, 15) is 0 Å². The van der Waals surface area contributed by atoms with Crippen molar-refractivity contribution in [2.75, 3.05) is 25.0 Å². The van der Waals surface area contributed by atoms with E-state index in [-0.39, 0.29) is 0 Å². The van der Waals surface area contributed by atoms with E-state index in [1.165, 1.54) is 47.6 Å². The van der Waals surface area contributed by atoms with Gasteiger partial charge in [0.25, 0.3) is 0 Å².